The van der Waals surface area contributed by atoms with Gasteiger partial charge in [0.05, 0.1) is 7.11 Å². The van der Waals surface area contributed by atoms with E-state index in [2.05, 4.69) is 15.6 Å². The Bertz CT molecular complexity index is 932. The normalized spacial score (nSPS) is 10.2. The summed E-state index contributed by atoms with van der Waals surface area (Å²) in [6.07, 6.45) is 1.50. The fourth-order valence-corrected chi connectivity index (χ4v) is 2.25. The Morgan fingerprint density at radius 3 is 2.19 bits per heavy atom. The topological polar surface area (TPSA) is 93.5 Å². The maximum atomic E-state index is 12.3. The van der Waals surface area contributed by atoms with E-state index in [0.29, 0.717) is 28.6 Å². The van der Waals surface area contributed by atoms with E-state index in [1.165, 1.54) is 13.3 Å². The van der Waals surface area contributed by atoms with Crippen LogP contribution in [0.2, 0.25) is 0 Å². The Morgan fingerprint density at radius 1 is 0.962 bits per heavy atom. The van der Waals surface area contributed by atoms with Crippen molar-refractivity contribution < 1.29 is 18.7 Å². The molecule has 2 amide bonds. The molecular formula is C19H17N3O4. The van der Waals surface area contributed by atoms with Crippen LogP contribution in [-0.4, -0.2) is 23.9 Å². The summed E-state index contributed by atoms with van der Waals surface area (Å²) in [7, 11) is 1.49. The summed E-state index contributed by atoms with van der Waals surface area (Å²) in [6.45, 7) is 1.77. The largest absolute Gasteiger partial charge is 0.481 e. The summed E-state index contributed by atoms with van der Waals surface area (Å²) in [5.41, 5.74) is 1.62. The Balaban J connectivity index is 1.63. The third-order valence-electron chi connectivity index (χ3n) is 3.57. The van der Waals surface area contributed by atoms with Gasteiger partial charge in [-0.25, -0.2) is 4.98 Å². The fourth-order valence-electron chi connectivity index (χ4n) is 2.25. The molecule has 2 heterocycles. The van der Waals surface area contributed by atoms with Crippen LogP contribution in [0.25, 0.3) is 0 Å². The first kappa shape index (κ1) is 17.2. The van der Waals surface area contributed by atoms with Gasteiger partial charge in [-0.1, -0.05) is 0 Å². The second-order valence-electron chi connectivity index (χ2n) is 5.48. The first-order chi connectivity index (χ1) is 12.5. The van der Waals surface area contributed by atoms with Gasteiger partial charge in [-0.3, -0.25) is 9.59 Å². The molecule has 0 saturated heterocycles. The van der Waals surface area contributed by atoms with E-state index < -0.39 is 0 Å². The zero-order valence-electron chi connectivity index (χ0n) is 14.3. The zero-order chi connectivity index (χ0) is 18.5. The highest BCUT2D eigenvalue weighted by molar-refractivity contribution is 6.05. The molecule has 1 aromatic carbocycles. The number of hydrogen-bond acceptors (Lipinski definition) is 5. The number of rotatable bonds is 5. The van der Waals surface area contributed by atoms with Crippen molar-refractivity contribution in [3.05, 3.63) is 71.8 Å². The summed E-state index contributed by atoms with van der Waals surface area (Å²) in [6, 6.07) is 13.3. The number of aryl methyl sites for hydroxylation is 1. The van der Waals surface area contributed by atoms with E-state index in [0.717, 1.165) is 0 Å². The van der Waals surface area contributed by atoms with Crippen LogP contribution in [-0.2, 0) is 0 Å². The van der Waals surface area contributed by atoms with Gasteiger partial charge in [0.2, 0.25) is 5.88 Å². The Kier molecular flexibility index (Phi) is 4.98. The van der Waals surface area contributed by atoms with Crippen molar-refractivity contribution >= 4 is 23.2 Å². The van der Waals surface area contributed by atoms with Gasteiger partial charge in [0, 0.05) is 29.2 Å². The molecule has 0 fully saturated rings. The number of nitrogens with zero attached hydrogens (tertiary/aromatic N) is 1. The number of carbonyl (C=O) groups excluding carboxylic acids is 2. The second kappa shape index (κ2) is 7.52. The van der Waals surface area contributed by atoms with Crippen LogP contribution < -0.4 is 15.4 Å². The molecule has 0 saturated carbocycles. The van der Waals surface area contributed by atoms with Crippen LogP contribution in [0.4, 0.5) is 11.4 Å². The monoisotopic (exact) mass is 351 g/mol. The highest BCUT2D eigenvalue weighted by atomic mass is 16.5. The van der Waals surface area contributed by atoms with Gasteiger partial charge in [0.25, 0.3) is 11.8 Å². The number of furan rings is 1. The maximum absolute atomic E-state index is 12.3. The van der Waals surface area contributed by atoms with Gasteiger partial charge in [-0.15, -0.1) is 0 Å². The Labute approximate surface area is 150 Å². The third kappa shape index (κ3) is 4.07. The number of benzene rings is 1. The second-order valence-corrected chi connectivity index (χ2v) is 5.48. The number of carbonyl (C=O) groups is 2. The first-order valence-electron chi connectivity index (χ1n) is 7.84. The molecule has 132 valence electrons. The zero-order valence-corrected chi connectivity index (χ0v) is 14.3. The molecule has 0 atom stereocenters. The van der Waals surface area contributed by atoms with Crippen LogP contribution in [0.15, 0.2) is 59.1 Å². The summed E-state index contributed by atoms with van der Waals surface area (Å²) in [5.74, 6) is 0.656. The van der Waals surface area contributed by atoms with E-state index in [1.807, 2.05) is 0 Å². The maximum Gasteiger partial charge on any atom is 0.291 e. The molecule has 3 aromatic rings. The quantitative estimate of drug-likeness (QED) is 0.734. The molecule has 0 radical (unpaired) electrons. The SMILES string of the molecule is COc1cc(C(=O)Nc2ccc(NC(=O)c3ccc(C)o3)cc2)ccn1. The predicted molar refractivity (Wildman–Crippen MR) is 96.6 cm³/mol. The molecular weight excluding hydrogens is 334 g/mol. The van der Waals surface area contributed by atoms with Gasteiger partial charge in [-0.2, -0.15) is 0 Å². The molecule has 3 rings (SSSR count). The molecule has 0 unspecified atom stereocenters. The van der Waals surface area contributed by atoms with E-state index in [9.17, 15) is 9.59 Å². The summed E-state index contributed by atoms with van der Waals surface area (Å²) in [5, 5.41) is 5.50. The van der Waals surface area contributed by atoms with E-state index in [4.69, 9.17) is 9.15 Å². The lowest BCUT2D eigenvalue weighted by Gasteiger charge is -2.08. The van der Waals surface area contributed by atoms with Crippen LogP contribution in [0, 0.1) is 6.92 Å². The number of aromatic nitrogens is 1. The Hall–Kier alpha value is -3.61. The summed E-state index contributed by atoms with van der Waals surface area (Å²) < 4.78 is 10.3. The minimum absolute atomic E-state index is 0.242. The molecule has 7 heteroatoms. The van der Waals surface area contributed by atoms with Crippen molar-refractivity contribution in [1.29, 1.82) is 0 Å². The number of anilines is 2. The summed E-state index contributed by atoms with van der Waals surface area (Å²) >= 11 is 0. The highest BCUT2D eigenvalue weighted by Gasteiger charge is 2.11. The molecule has 0 aliphatic rings. The molecule has 2 N–H and O–H groups in total. The number of hydrogen-bond donors (Lipinski definition) is 2. The first-order valence-corrected chi connectivity index (χ1v) is 7.84. The molecule has 0 aliphatic carbocycles. The number of amides is 2. The van der Waals surface area contributed by atoms with Gasteiger partial charge >= 0.3 is 0 Å². The van der Waals surface area contributed by atoms with E-state index in [1.54, 1.807) is 55.5 Å². The molecule has 7 nitrogen and oxygen atoms in total. The number of ether oxygens (including phenoxy) is 1. The van der Waals surface area contributed by atoms with Crippen LogP contribution in [0.3, 0.4) is 0 Å². The number of methoxy groups -OCH3 is 1. The predicted octanol–water partition coefficient (Wildman–Crippen LogP) is 3.50. The van der Waals surface area contributed by atoms with Crippen LogP contribution in [0.5, 0.6) is 5.88 Å². The Morgan fingerprint density at radius 2 is 1.62 bits per heavy atom. The van der Waals surface area contributed by atoms with Gasteiger partial charge < -0.3 is 19.8 Å². The minimum Gasteiger partial charge on any atom is -0.481 e. The highest BCUT2D eigenvalue weighted by Crippen LogP contribution is 2.17. The smallest absolute Gasteiger partial charge is 0.291 e. The summed E-state index contributed by atoms with van der Waals surface area (Å²) in [4.78, 5) is 28.3. The molecule has 0 bridgehead atoms. The van der Waals surface area contributed by atoms with E-state index in [-0.39, 0.29) is 17.6 Å². The van der Waals surface area contributed by atoms with Gasteiger partial charge in [0.15, 0.2) is 5.76 Å². The van der Waals surface area contributed by atoms with Crippen LogP contribution in [0.1, 0.15) is 26.7 Å². The van der Waals surface area contributed by atoms with E-state index >= 15 is 0 Å². The van der Waals surface area contributed by atoms with Crippen molar-refractivity contribution in [3.63, 3.8) is 0 Å². The van der Waals surface area contributed by atoms with Gasteiger partial charge in [0.1, 0.15) is 5.76 Å². The average molecular weight is 351 g/mol. The van der Waals surface area contributed by atoms with Gasteiger partial charge in [-0.05, 0) is 49.4 Å². The molecule has 0 aliphatic heterocycles. The molecule has 2 aromatic heterocycles. The average Bonchev–Trinajstić information content (AvgIpc) is 3.10. The lowest BCUT2D eigenvalue weighted by molar-refractivity contribution is 0.0993. The van der Waals surface area contributed by atoms with Crippen molar-refractivity contribution in [3.8, 4) is 5.88 Å². The minimum atomic E-state index is -0.334. The lowest BCUT2D eigenvalue weighted by atomic mass is 10.2. The lowest BCUT2D eigenvalue weighted by Crippen LogP contribution is -2.13. The van der Waals surface area contributed by atoms with Crippen molar-refractivity contribution in [2.75, 3.05) is 17.7 Å². The van der Waals surface area contributed by atoms with Crippen molar-refractivity contribution in [1.82, 2.24) is 4.98 Å². The third-order valence-corrected chi connectivity index (χ3v) is 3.57. The van der Waals surface area contributed by atoms with Crippen LogP contribution >= 0.6 is 0 Å². The van der Waals surface area contributed by atoms with Crippen molar-refractivity contribution in [2.24, 2.45) is 0 Å². The standard InChI is InChI=1S/C19H17N3O4/c1-12-3-8-16(26-12)19(24)22-15-6-4-14(5-7-15)21-18(23)13-9-10-20-17(11-13)25-2/h3-11H,1-2H3,(H,21,23)(H,22,24). The van der Waals surface area contributed by atoms with Crippen molar-refractivity contribution in [2.45, 2.75) is 6.92 Å². The number of pyridine rings is 1. The fraction of sp³-hybridized carbons (Fsp3) is 0.105. The number of nitrogens with one attached hydrogen (secondary N) is 2. The molecule has 0 spiro atoms. The molecule has 26 heavy (non-hydrogen) atoms.